The summed E-state index contributed by atoms with van der Waals surface area (Å²) in [5.41, 5.74) is 0. The SMILES string of the molecule is CC[Si](OCCOC)(OCCOC)OCCOC. The van der Waals surface area contributed by atoms with E-state index in [4.69, 9.17) is 27.5 Å². The Labute approximate surface area is 111 Å². The fourth-order valence-corrected chi connectivity index (χ4v) is 3.32. The molecule has 0 saturated heterocycles. The fourth-order valence-electron chi connectivity index (χ4n) is 1.27. The van der Waals surface area contributed by atoms with Crippen LogP contribution in [0.1, 0.15) is 6.92 Å². The molecule has 0 aliphatic rings. The van der Waals surface area contributed by atoms with Gasteiger partial charge in [0.05, 0.1) is 39.6 Å². The van der Waals surface area contributed by atoms with E-state index in [9.17, 15) is 0 Å². The molecule has 0 unspecified atom stereocenters. The van der Waals surface area contributed by atoms with Crippen LogP contribution in [0.4, 0.5) is 0 Å². The van der Waals surface area contributed by atoms with Crippen molar-refractivity contribution < 1.29 is 27.5 Å². The predicted octanol–water partition coefficient (Wildman–Crippen LogP) is 0.934. The average molecular weight is 282 g/mol. The predicted molar refractivity (Wildman–Crippen MR) is 69.7 cm³/mol. The molecule has 0 aliphatic heterocycles. The van der Waals surface area contributed by atoms with Crippen LogP contribution in [0.15, 0.2) is 0 Å². The van der Waals surface area contributed by atoms with E-state index in [1.54, 1.807) is 21.3 Å². The highest BCUT2D eigenvalue weighted by Crippen LogP contribution is 2.15. The molecule has 0 aliphatic carbocycles. The molecule has 0 N–H and O–H groups in total. The number of hydrogen-bond acceptors (Lipinski definition) is 6. The Morgan fingerprint density at radius 3 is 1.17 bits per heavy atom. The Morgan fingerprint density at radius 1 is 0.611 bits per heavy atom. The van der Waals surface area contributed by atoms with Crippen LogP contribution in [0.25, 0.3) is 0 Å². The van der Waals surface area contributed by atoms with E-state index in [0.29, 0.717) is 45.7 Å². The Hall–Kier alpha value is -0.0231. The summed E-state index contributed by atoms with van der Waals surface area (Å²) in [6.07, 6.45) is 0. The average Bonchev–Trinajstić information content (AvgIpc) is 2.39. The van der Waals surface area contributed by atoms with Crippen molar-refractivity contribution in [3.8, 4) is 0 Å². The van der Waals surface area contributed by atoms with Gasteiger partial charge in [-0.3, -0.25) is 0 Å². The molecule has 7 heteroatoms. The lowest BCUT2D eigenvalue weighted by molar-refractivity contribution is 0.0154. The van der Waals surface area contributed by atoms with E-state index in [-0.39, 0.29) is 0 Å². The van der Waals surface area contributed by atoms with Gasteiger partial charge in [-0.15, -0.1) is 0 Å². The monoisotopic (exact) mass is 282 g/mol. The molecule has 0 spiro atoms. The Morgan fingerprint density at radius 2 is 0.944 bits per heavy atom. The van der Waals surface area contributed by atoms with E-state index in [1.807, 2.05) is 6.92 Å². The van der Waals surface area contributed by atoms with Crippen molar-refractivity contribution in [1.82, 2.24) is 0 Å². The largest absolute Gasteiger partial charge is 0.500 e. The standard InChI is InChI=1S/C11H26O6Si/c1-5-18(15-9-6-12-2,16-10-7-13-3)17-11-8-14-4/h5-11H2,1-4H3. The quantitative estimate of drug-likeness (QED) is 0.370. The van der Waals surface area contributed by atoms with Gasteiger partial charge < -0.3 is 27.5 Å². The summed E-state index contributed by atoms with van der Waals surface area (Å²) < 4.78 is 32.2. The normalized spacial score (nSPS) is 12.0. The Balaban J connectivity index is 4.20. The summed E-state index contributed by atoms with van der Waals surface area (Å²) in [5, 5.41) is 0. The van der Waals surface area contributed by atoms with Crippen molar-refractivity contribution in [2.45, 2.75) is 13.0 Å². The third-order valence-corrected chi connectivity index (χ3v) is 5.06. The molecule has 110 valence electrons. The summed E-state index contributed by atoms with van der Waals surface area (Å²) in [5.74, 6) is 0. The first-order chi connectivity index (χ1) is 8.74. The van der Waals surface area contributed by atoms with Crippen LogP contribution in [-0.4, -0.2) is 69.8 Å². The van der Waals surface area contributed by atoms with E-state index in [2.05, 4.69) is 0 Å². The molecule has 0 heterocycles. The second kappa shape index (κ2) is 12.0. The van der Waals surface area contributed by atoms with Crippen molar-refractivity contribution in [1.29, 1.82) is 0 Å². The topological polar surface area (TPSA) is 55.4 Å². The Bertz CT molecular complexity index is 154. The molecule has 0 aromatic carbocycles. The zero-order valence-electron chi connectivity index (χ0n) is 11.9. The first-order valence-electron chi connectivity index (χ1n) is 6.13. The van der Waals surface area contributed by atoms with Crippen LogP contribution in [0.2, 0.25) is 6.04 Å². The minimum atomic E-state index is -2.62. The van der Waals surface area contributed by atoms with Crippen molar-refractivity contribution in [2.24, 2.45) is 0 Å². The van der Waals surface area contributed by atoms with Crippen molar-refractivity contribution in [2.75, 3.05) is 61.0 Å². The van der Waals surface area contributed by atoms with Crippen molar-refractivity contribution in [3.05, 3.63) is 0 Å². The molecule has 6 nitrogen and oxygen atoms in total. The fraction of sp³-hybridized carbons (Fsp3) is 1.00. The van der Waals surface area contributed by atoms with Crippen LogP contribution in [0.3, 0.4) is 0 Å². The van der Waals surface area contributed by atoms with Gasteiger partial charge in [-0.1, -0.05) is 6.92 Å². The van der Waals surface area contributed by atoms with Gasteiger partial charge in [0.25, 0.3) is 0 Å². The van der Waals surface area contributed by atoms with Gasteiger partial charge in [0.1, 0.15) is 0 Å². The highest BCUT2D eigenvalue weighted by Gasteiger charge is 2.39. The lowest BCUT2D eigenvalue weighted by atomic mass is 10.8. The molecule has 0 amide bonds. The van der Waals surface area contributed by atoms with Crippen molar-refractivity contribution in [3.63, 3.8) is 0 Å². The molecule has 18 heavy (non-hydrogen) atoms. The van der Waals surface area contributed by atoms with Gasteiger partial charge in [-0.25, -0.2) is 0 Å². The summed E-state index contributed by atoms with van der Waals surface area (Å²) in [6, 6.07) is 0.712. The number of hydrogen-bond donors (Lipinski definition) is 0. The van der Waals surface area contributed by atoms with Gasteiger partial charge in [-0.05, 0) is 0 Å². The zero-order valence-corrected chi connectivity index (χ0v) is 12.9. The number of methoxy groups -OCH3 is 3. The minimum Gasteiger partial charge on any atom is -0.382 e. The molecule has 0 fully saturated rings. The van der Waals surface area contributed by atoms with Crippen molar-refractivity contribution >= 4 is 8.80 Å². The zero-order chi connectivity index (χ0) is 13.7. The maximum absolute atomic E-state index is 5.77. The molecule has 0 bridgehead atoms. The molecular weight excluding hydrogens is 256 g/mol. The van der Waals surface area contributed by atoms with Gasteiger partial charge in [0.2, 0.25) is 0 Å². The summed E-state index contributed by atoms with van der Waals surface area (Å²) >= 11 is 0. The third kappa shape index (κ3) is 8.14. The second-order valence-electron chi connectivity index (χ2n) is 3.56. The minimum absolute atomic E-state index is 0.469. The van der Waals surface area contributed by atoms with Crippen LogP contribution in [0, 0.1) is 0 Å². The molecule has 0 atom stereocenters. The lowest BCUT2D eigenvalue weighted by Gasteiger charge is -2.28. The second-order valence-corrected chi connectivity index (χ2v) is 6.50. The highest BCUT2D eigenvalue weighted by molar-refractivity contribution is 6.60. The van der Waals surface area contributed by atoms with E-state index >= 15 is 0 Å². The van der Waals surface area contributed by atoms with E-state index in [1.165, 1.54) is 0 Å². The maximum atomic E-state index is 5.77. The van der Waals surface area contributed by atoms with Crippen LogP contribution in [0.5, 0.6) is 0 Å². The van der Waals surface area contributed by atoms with Gasteiger partial charge in [0, 0.05) is 27.4 Å². The van der Waals surface area contributed by atoms with E-state index in [0.717, 1.165) is 0 Å². The maximum Gasteiger partial charge on any atom is 0.500 e. The summed E-state index contributed by atoms with van der Waals surface area (Å²) in [6.45, 7) is 4.98. The smallest absolute Gasteiger partial charge is 0.382 e. The summed E-state index contributed by atoms with van der Waals surface area (Å²) in [4.78, 5) is 0. The number of ether oxygens (including phenoxy) is 3. The van der Waals surface area contributed by atoms with Gasteiger partial charge >= 0.3 is 8.80 Å². The Kier molecular flexibility index (Phi) is 12.0. The van der Waals surface area contributed by atoms with Gasteiger partial charge in [-0.2, -0.15) is 0 Å². The summed E-state index contributed by atoms with van der Waals surface area (Å²) in [7, 11) is 2.28. The first-order valence-corrected chi connectivity index (χ1v) is 8.06. The van der Waals surface area contributed by atoms with Crippen LogP contribution in [-0.2, 0) is 27.5 Å². The first kappa shape index (κ1) is 18.0. The molecule has 0 aromatic heterocycles. The molecule has 0 aromatic rings. The molecule has 0 radical (unpaired) electrons. The van der Waals surface area contributed by atoms with Crippen LogP contribution < -0.4 is 0 Å². The molecule has 0 saturated carbocycles. The molecule has 0 rings (SSSR count). The number of rotatable bonds is 13. The third-order valence-electron chi connectivity index (χ3n) is 2.26. The van der Waals surface area contributed by atoms with Gasteiger partial charge in [0.15, 0.2) is 0 Å². The molecular formula is C11H26O6Si. The highest BCUT2D eigenvalue weighted by atomic mass is 28.4. The van der Waals surface area contributed by atoms with E-state index < -0.39 is 8.80 Å². The lowest BCUT2D eigenvalue weighted by Crippen LogP contribution is -2.47. The van der Waals surface area contributed by atoms with Crippen LogP contribution >= 0.6 is 0 Å².